The topological polar surface area (TPSA) is 73.7 Å². The average molecular weight is 460 g/mol. The number of aromatic nitrogens is 2. The van der Waals surface area contributed by atoms with Gasteiger partial charge < -0.3 is 18.9 Å². The van der Waals surface area contributed by atoms with Crippen LogP contribution in [0.4, 0.5) is 0 Å². The lowest BCUT2D eigenvalue weighted by Gasteiger charge is -2.41. The van der Waals surface area contributed by atoms with Crippen molar-refractivity contribution in [3.05, 3.63) is 69.6 Å². The van der Waals surface area contributed by atoms with Gasteiger partial charge in [0.05, 0.1) is 30.3 Å². The number of carbonyl (C=O) groups excluding carboxylic acids is 1. The van der Waals surface area contributed by atoms with E-state index in [0.29, 0.717) is 56.0 Å². The Bertz CT molecular complexity index is 1280. The highest BCUT2D eigenvalue weighted by molar-refractivity contribution is 5.97. The highest BCUT2D eigenvalue weighted by atomic mass is 16.5. The first-order valence-electron chi connectivity index (χ1n) is 12.2. The van der Waals surface area contributed by atoms with Gasteiger partial charge in [0.25, 0.3) is 5.91 Å². The number of likely N-dealkylation sites (tertiary alicyclic amines) is 1. The zero-order chi connectivity index (χ0) is 23.2. The summed E-state index contributed by atoms with van der Waals surface area (Å²) >= 11 is 0. The molecule has 2 saturated heterocycles. The summed E-state index contributed by atoms with van der Waals surface area (Å²) in [5.41, 5.74) is 3.28. The first kappa shape index (κ1) is 21.4. The van der Waals surface area contributed by atoms with Crippen molar-refractivity contribution in [2.75, 3.05) is 26.3 Å². The third kappa shape index (κ3) is 3.78. The maximum atomic E-state index is 13.5. The Kier molecular flexibility index (Phi) is 5.37. The fraction of sp³-hybridized carbons (Fsp3) is 0.444. The smallest absolute Gasteiger partial charge is 0.259 e. The normalized spacial score (nSPS) is 22.1. The van der Waals surface area contributed by atoms with Gasteiger partial charge in [-0.3, -0.25) is 9.59 Å². The molecule has 1 aliphatic carbocycles. The van der Waals surface area contributed by atoms with E-state index in [1.807, 2.05) is 28.5 Å². The number of piperidine rings is 1. The second-order valence-corrected chi connectivity index (χ2v) is 9.83. The van der Waals surface area contributed by atoms with E-state index in [4.69, 9.17) is 9.47 Å². The number of carbonyl (C=O) groups is 1. The highest BCUT2D eigenvalue weighted by Gasteiger charge is 2.34. The van der Waals surface area contributed by atoms with Crippen LogP contribution in [0.25, 0.3) is 10.9 Å². The molecule has 2 unspecified atom stereocenters. The molecule has 3 aliphatic rings. The Balaban J connectivity index is 1.31. The van der Waals surface area contributed by atoms with Crippen LogP contribution >= 0.6 is 0 Å². The van der Waals surface area contributed by atoms with Crippen molar-refractivity contribution in [3.63, 3.8) is 0 Å². The largest absolute Gasteiger partial charge is 0.474 e. The number of nitrogens with zero attached hydrogens (tertiary/aromatic N) is 3. The predicted octanol–water partition coefficient (Wildman–Crippen LogP) is 3.07. The molecule has 1 amide bonds. The summed E-state index contributed by atoms with van der Waals surface area (Å²) in [6, 6.07) is 10.1. The van der Waals surface area contributed by atoms with Crippen molar-refractivity contribution in [2.24, 2.45) is 11.8 Å². The van der Waals surface area contributed by atoms with Gasteiger partial charge in [0.2, 0.25) is 11.3 Å². The first-order chi connectivity index (χ1) is 16.6. The van der Waals surface area contributed by atoms with E-state index >= 15 is 0 Å². The molecule has 4 heterocycles. The molecule has 3 aromatic rings. The Hall–Kier alpha value is -3.19. The monoisotopic (exact) mass is 459 g/mol. The lowest BCUT2D eigenvalue weighted by molar-refractivity contribution is -0.0339. The van der Waals surface area contributed by atoms with Crippen LogP contribution < -0.4 is 10.2 Å². The summed E-state index contributed by atoms with van der Waals surface area (Å²) < 4.78 is 13.8. The summed E-state index contributed by atoms with van der Waals surface area (Å²) in [4.78, 5) is 33.3. The van der Waals surface area contributed by atoms with Gasteiger partial charge in [-0.15, -0.1) is 0 Å². The van der Waals surface area contributed by atoms with Crippen LogP contribution in [0.5, 0.6) is 5.88 Å². The Morgan fingerprint density at radius 1 is 1.15 bits per heavy atom. The Morgan fingerprint density at radius 3 is 2.53 bits per heavy atom. The van der Waals surface area contributed by atoms with Crippen LogP contribution in [-0.4, -0.2) is 52.8 Å². The summed E-state index contributed by atoms with van der Waals surface area (Å²) in [5.74, 6) is 0.950. The molecule has 1 aromatic carbocycles. The van der Waals surface area contributed by atoms with Crippen LogP contribution in [0.3, 0.4) is 0 Å². The number of fused-ring (bicyclic) bond motifs is 4. The number of hydrogen-bond donors (Lipinski definition) is 0. The lowest BCUT2D eigenvalue weighted by Crippen LogP contribution is -2.49. The van der Waals surface area contributed by atoms with Crippen molar-refractivity contribution in [1.29, 1.82) is 0 Å². The van der Waals surface area contributed by atoms with Gasteiger partial charge in [0.15, 0.2) is 0 Å². The number of benzene rings is 1. The standard InChI is InChI=1S/C27H29N3O4/c1-2-29-14-23(27(32)30-12-17-7-18(13-30)16-33-15-17)26(31)22-10-25(28-11-24(22)29)34-21-8-19-5-3-4-6-20(19)9-21/h3-6,10-11,14,17-18,21H,2,7-9,12-13,15-16H2,1H3. The fourth-order valence-electron chi connectivity index (χ4n) is 5.82. The number of aryl methyl sites for hydroxylation is 1. The Morgan fingerprint density at radius 2 is 1.85 bits per heavy atom. The molecule has 0 N–H and O–H groups in total. The van der Waals surface area contributed by atoms with Crippen LogP contribution in [0.15, 0.2) is 47.5 Å². The van der Waals surface area contributed by atoms with E-state index in [-0.39, 0.29) is 23.0 Å². The summed E-state index contributed by atoms with van der Waals surface area (Å²) in [5, 5.41) is 0.480. The summed E-state index contributed by atoms with van der Waals surface area (Å²) in [7, 11) is 0. The second kappa shape index (κ2) is 8.55. The van der Waals surface area contributed by atoms with Gasteiger partial charge in [-0.2, -0.15) is 0 Å². The van der Waals surface area contributed by atoms with Gasteiger partial charge in [-0.25, -0.2) is 4.98 Å². The number of pyridine rings is 2. The third-order valence-corrected chi connectivity index (χ3v) is 7.43. The number of amides is 1. The van der Waals surface area contributed by atoms with Crippen molar-refractivity contribution in [2.45, 2.75) is 38.8 Å². The summed E-state index contributed by atoms with van der Waals surface area (Å²) in [6.07, 6.45) is 6.13. The van der Waals surface area contributed by atoms with E-state index in [1.165, 1.54) is 11.1 Å². The molecule has 7 nitrogen and oxygen atoms in total. The molecule has 2 atom stereocenters. The van der Waals surface area contributed by atoms with E-state index in [0.717, 1.165) is 24.8 Å². The molecule has 0 spiro atoms. The molecular weight excluding hydrogens is 430 g/mol. The van der Waals surface area contributed by atoms with Gasteiger partial charge in [0, 0.05) is 56.6 Å². The van der Waals surface area contributed by atoms with Crippen molar-refractivity contribution in [3.8, 4) is 5.88 Å². The second-order valence-electron chi connectivity index (χ2n) is 9.83. The van der Waals surface area contributed by atoms with Crippen LogP contribution in [-0.2, 0) is 24.1 Å². The maximum Gasteiger partial charge on any atom is 0.259 e. The highest BCUT2D eigenvalue weighted by Crippen LogP contribution is 2.29. The minimum Gasteiger partial charge on any atom is -0.474 e. The predicted molar refractivity (Wildman–Crippen MR) is 128 cm³/mol. The van der Waals surface area contributed by atoms with Crippen LogP contribution in [0.1, 0.15) is 34.8 Å². The molecular formula is C27H29N3O4. The molecule has 176 valence electrons. The molecule has 7 heteroatoms. The molecule has 0 radical (unpaired) electrons. The first-order valence-corrected chi connectivity index (χ1v) is 12.2. The molecule has 2 bridgehead atoms. The van der Waals surface area contributed by atoms with Gasteiger partial charge in [0.1, 0.15) is 11.7 Å². The number of ether oxygens (including phenoxy) is 2. The fourth-order valence-corrected chi connectivity index (χ4v) is 5.82. The van der Waals surface area contributed by atoms with Crippen molar-refractivity contribution in [1.82, 2.24) is 14.5 Å². The average Bonchev–Trinajstić information content (AvgIpc) is 3.26. The number of hydrogen-bond acceptors (Lipinski definition) is 5. The molecule has 2 aromatic heterocycles. The van der Waals surface area contributed by atoms with Crippen molar-refractivity contribution >= 4 is 16.8 Å². The van der Waals surface area contributed by atoms with E-state index in [9.17, 15) is 9.59 Å². The van der Waals surface area contributed by atoms with E-state index < -0.39 is 0 Å². The number of rotatable bonds is 4. The Labute approximate surface area is 198 Å². The van der Waals surface area contributed by atoms with Crippen molar-refractivity contribution < 1.29 is 14.3 Å². The van der Waals surface area contributed by atoms with Gasteiger partial charge in [-0.05, 0) is 24.5 Å². The van der Waals surface area contributed by atoms with E-state index in [2.05, 4.69) is 17.1 Å². The summed E-state index contributed by atoms with van der Waals surface area (Å²) in [6.45, 7) is 5.30. The quantitative estimate of drug-likeness (QED) is 0.600. The maximum absolute atomic E-state index is 13.5. The minimum atomic E-state index is -0.251. The molecule has 2 aliphatic heterocycles. The molecule has 34 heavy (non-hydrogen) atoms. The zero-order valence-electron chi connectivity index (χ0n) is 19.4. The zero-order valence-corrected chi connectivity index (χ0v) is 19.4. The van der Waals surface area contributed by atoms with Crippen LogP contribution in [0.2, 0.25) is 0 Å². The van der Waals surface area contributed by atoms with Gasteiger partial charge in [-0.1, -0.05) is 24.3 Å². The van der Waals surface area contributed by atoms with E-state index in [1.54, 1.807) is 18.5 Å². The molecule has 2 fully saturated rings. The minimum absolute atomic E-state index is 0.00413. The SMILES string of the molecule is CCn1cc(C(=O)N2CC3COCC(C3)C2)c(=O)c2cc(OC3Cc4ccccc4C3)ncc21. The van der Waals surface area contributed by atoms with Crippen LogP contribution in [0, 0.1) is 11.8 Å². The lowest BCUT2D eigenvalue weighted by atomic mass is 9.88. The van der Waals surface area contributed by atoms with Gasteiger partial charge >= 0.3 is 0 Å². The molecule has 6 rings (SSSR count). The molecule has 0 saturated carbocycles. The third-order valence-electron chi connectivity index (χ3n) is 7.43.